The van der Waals surface area contributed by atoms with Crippen LogP contribution in [0.2, 0.25) is 0 Å². The number of carbonyl (C=O) groups excluding carboxylic acids is 2. The van der Waals surface area contributed by atoms with Crippen molar-refractivity contribution in [2.24, 2.45) is 0 Å². The van der Waals surface area contributed by atoms with Gasteiger partial charge in [0.05, 0.1) is 53.0 Å². The van der Waals surface area contributed by atoms with Crippen LogP contribution >= 0.6 is 11.8 Å². The molecule has 3 aromatic rings. The van der Waals surface area contributed by atoms with Crippen LogP contribution < -0.4 is 15.4 Å². The molecular formula is C28H25N3O4S. The first-order chi connectivity index (χ1) is 17.4. The number of allylic oxidation sites excluding steroid dienone is 2. The van der Waals surface area contributed by atoms with Crippen LogP contribution in [-0.2, 0) is 4.79 Å². The van der Waals surface area contributed by atoms with Gasteiger partial charge in [-0.1, -0.05) is 53.7 Å². The fourth-order valence-corrected chi connectivity index (χ4v) is 4.95. The Morgan fingerprint density at radius 2 is 1.86 bits per heavy atom. The smallest absolute Gasteiger partial charge is 0.254 e. The molecule has 1 aliphatic rings. The van der Waals surface area contributed by atoms with Crippen LogP contribution in [0.1, 0.15) is 34.5 Å². The average molecular weight is 500 g/mol. The minimum absolute atomic E-state index is 0.0533. The van der Waals surface area contributed by atoms with E-state index in [1.165, 1.54) is 25.1 Å². The van der Waals surface area contributed by atoms with E-state index in [4.69, 9.17) is 9.15 Å². The number of carbonyl (C=O) groups is 2. The minimum atomic E-state index is -0.738. The maximum absolute atomic E-state index is 13.5. The first-order valence-corrected chi connectivity index (χ1v) is 12.2. The summed E-state index contributed by atoms with van der Waals surface area (Å²) in [6.07, 6.45) is 1.51. The largest absolute Gasteiger partial charge is 0.495 e. The summed E-state index contributed by atoms with van der Waals surface area (Å²) in [5, 5.41) is 16.7. The fraction of sp³-hybridized carbons (Fsp3) is 0.179. The molecule has 2 N–H and O–H groups in total. The molecule has 1 atom stereocenters. The van der Waals surface area contributed by atoms with Crippen molar-refractivity contribution in [3.63, 3.8) is 0 Å². The number of ether oxygens (including phenoxy) is 1. The van der Waals surface area contributed by atoms with Gasteiger partial charge in [-0.3, -0.25) is 9.59 Å². The molecule has 4 rings (SSSR count). The van der Waals surface area contributed by atoms with Crippen LogP contribution in [-0.4, -0.2) is 24.6 Å². The normalized spacial score (nSPS) is 15.2. The third kappa shape index (κ3) is 5.21. The second kappa shape index (κ2) is 11.0. The van der Waals surface area contributed by atoms with Crippen molar-refractivity contribution in [3.05, 3.63) is 106 Å². The van der Waals surface area contributed by atoms with Gasteiger partial charge in [0.15, 0.2) is 5.78 Å². The molecule has 36 heavy (non-hydrogen) atoms. The highest BCUT2D eigenvalue weighted by Crippen LogP contribution is 2.41. The number of anilines is 1. The maximum Gasteiger partial charge on any atom is 0.254 e. The summed E-state index contributed by atoms with van der Waals surface area (Å²) in [5.41, 5.74) is 3.41. The molecule has 0 spiro atoms. The van der Waals surface area contributed by atoms with Crippen LogP contribution in [0.25, 0.3) is 0 Å². The van der Waals surface area contributed by atoms with Crippen LogP contribution in [0.3, 0.4) is 0 Å². The van der Waals surface area contributed by atoms with E-state index < -0.39 is 11.8 Å². The van der Waals surface area contributed by atoms with E-state index in [1.807, 2.05) is 25.1 Å². The first-order valence-electron chi connectivity index (χ1n) is 11.3. The Hall–Kier alpha value is -4.22. The molecule has 8 heteroatoms. The predicted octanol–water partition coefficient (Wildman–Crippen LogP) is 5.55. The number of dihydropyridines is 1. The van der Waals surface area contributed by atoms with Crippen LogP contribution in [0.5, 0.6) is 5.75 Å². The molecule has 1 aromatic heterocycles. The van der Waals surface area contributed by atoms with Crippen molar-refractivity contribution in [1.29, 1.82) is 5.26 Å². The fourth-order valence-electron chi connectivity index (χ4n) is 3.97. The van der Waals surface area contributed by atoms with Gasteiger partial charge in [0.25, 0.3) is 5.91 Å². The second-order valence-corrected chi connectivity index (χ2v) is 9.18. The Kier molecular flexibility index (Phi) is 7.62. The number of hydrogen-bond acceptors (Lipinski definition) is 7. The molecular weight excluding hydrogens is 474 g/mol. The van der Waals surface area contributed by atoms with E-state index in [9.17, 15) is 14.9 Å². The van der Waals surface area contributed by atoms with Gasteiger partial charge in [0.2, 0.25) is 0 Å². The molecule has 0 fully saturated rings. The number of Topliss-reactive ketones (excluding diaryl/α,β-unsaturated/α-hetero) is 1. The number of para-hydroxylation sites is 2. The van der Waals surface area contributed by atoms with E-state index in [-0.39, 0.29) is 11.5 Å². The highest BCUT2D eigenvalue weighted by molar-refractivity contribution is 8.03. The molecule has 0 saturated heterocycles. The monoisotopic (exact) mass is 499 g/mol. The Balaban J connectivity index is 1.64. The number of benzene rings is 2. The number of methoxy groups -OCH3 is 1. The number of nitrogens with zero attached hydrogens (tertiary/aromatic N) is 1. The van der Waals surface area contributed by atoms with E-state index in [0.717, 1.165) is 5.56 Å². The van der Waals surface area contributed by atoms with Crippen LogP contribution in [0.15, 0.2) is 93.2 Å². The van der Waals surface area contributed by atoms with Crippen LogP contribution in [0, 0.1) is 18.3 Å². The molecule has 182 valence electrons. The first kappa shape index (κ1) is 24.9. The second-order valence-electron chi connectivity index (χ2n) is 8.20. The Morgan fingerprint density at radius 1 is 1.11 bits per heavy atom. The molecule has 1 amide bonds. The summed E-state index contributed by atoms with van der Waals surface area (Å²) < 4.78 is 11.0. The summed E-state index contributed by atoms with van der Waals surface area (Å²) in [4.78, 5) is 26.3. The van der Waals surface area contributed by atoms with Gasteiger partial charge in [0, 0.05) is 11.3 Å². The Bertz CT molecular complexity index is 1380. The summed E-state index contributed by atoms with van der Waals surface area (Å²) in [6.45, 7) is 3.73. The van der Waals surface area contributed by atoms with Crippen molar-refractivity contribution in [2.45, 2.75) is 19.8 Å². The lowest BCUT2D eigenvalue weighted by atomic mass is 9.85. The van der Waals surface area contributed by atoms with Gasteiger partial charge in [0.1, 0.15) is 11.5 Å². The number of hydrogen-bond donors (Lipinski definition) is 2. The van der Waals surface area contributed by atoms with Crippen LogP contribution in [0.4, 0.5) is 5.69 Å². The van der Waals surface area contributed by atoms with Gasteiger partial charge in [-0.05, 0) is 38.1 Å². The summed E-state index contributed by atoms with van der Waals surface area (Å²) in [6, 6.07) is 20.2. The lowest BCUT2D eigenvalue weighted by molar-refractivity contribution is -0.113. The van der Waals surface area contributed by atoms with Crippen molar-refractivity contribution in [1.82, 2.24) is 5.32 Å². The van der Waals surface area contributed by atoms with Gasteiger partial charge in [-0.25, -0.2) is 0 Å². The van der Waals surface area contributed by atoms with Crippen molar-refractivity contribution in [2.75, 3.05) is 18.2 Å². The number of rotatable bonds is 8. The molecule has 2 heterocycles. The molecule has 0 unspecified atom stereocenters. The summed E-state index contributed by atoms with van der Waals surface area (Å²) in [5.74, 6) is -0.0685. The van der Waals surface area contributed by atoms with Crippen molar-refractivity contribution in [3.8, 4) is 11.8 Å². The average Bonchev–Trinajstić information content (AvgIpc) is 3.42. The number of nitriles is 1. The lowest BCUT2D eigenvalue weighted by Gasteiger charge is -2.28. The molecule has 1 aliphatic heterocycles. The van der Waals surface area contributed by atoms with Crippen molar-refractivity contribution >= 4 is 29.1 Å². The Labute approximate surface area is 213 Å². The third-order valence-corrected chi connectivity index (χ3v) is 6.81. The van der Waals surface area contributed by atoms with E-state index >= 15 is 0 Å². The Morgan fingerprint density at radius 3 is 2.53 bits per heavy atom. The number of aryl methyl sites for hydroxylation is 1. The number of thioether (sulfide) groups is 1. The zero-order chi connectivity index (χ0) is 25.7. The molecule has 0 bridgehead atoms. The van der Waals surface area contributed by atoms with Crippen molar-refractivity contribution < 1.29 is 18.7 Å². The number of furan rings is 1. The highest BCUT2D eigenvalue weighted by atomic mass is 32.2. The minimum Gasteiger partial charge on any atom is -0.495 e. The molecule has 0 radical (unpaired) electrons. The zero-order valence-electron chi connectivity index (χ0n) is 20.1. The number of nitrogens with one attached hydrogen (secondary N) is 2. The molecule has 2 aromatic carbocycles. The van der Waals surface area contributed by atoms with E-state index in [1.54, 1.807) is 49.4 Å². The van der Waals surface area contributed by atoms with E-state index in [0.29, 0.717) is 44.6 Å². The maximum atomic E-state index is 13.5. The number of ketones is 1. The van der Waals surface area contributed by atoms with Gasteiger partial charge in [-0.15, -0.1) is 0 Å². The zero-order valence-corrected chi connectivity index (χ0v) is 20.9. The number of amides is 1. The predicted molar refractivity (Wildman–Crippen MR) is 140 cm³/mol. The van der Waals surface area contributed by atoms with Gasteiger partial charge < -0.3 is 19.8 Å². The SMILES string of the molecule is COc1ccccc1NC(=O)C1=C(C)NC(SCC(=O)c2ccc(C)cc2)=C(C#N)[C@@H]1c1ccco1. The summed E-state index contributed by atoms with van der Waals surface area (Å²) >= 11 is 1.23. The molecule has 7 nitrogen and oxygen atoms in total. The van der Waals surface area contributed by atoms with Gasteiger partial charge >= 0.3 is 0 Å². The van der Waals surface area contributed by atoms with Gasteiger partial charge in [-0.2, -0.15) is 5.26 Å². The van der Waals surface area contributed by atoms with E-state index in [2.05, 4.69) is 16.7 Å². The highest BCUT2D eigenvalue weighted by Gasteiger charge is 2.36. The lowest BCUT2D eigenvalue weighted by Crippen LogP contribution is -2.30. The molecule has 0 saturated carbocycles. The standard InChI is InChI=1S/C28H25N3O4S/c1-17-10-12-19(13-11-17)22(32)16-36-28-20(15-29)26(24-9-6-14-35-24)25(18(2)30-28)27(33)31-21-7-4-5-8-23(21)34-3/h4-14,26,30H,16H2,1-3H3,(H,31,33)/t26-/m1/s1. The third-order valence-electron chi connectivity index (χ3n) is 5.80. The summed E-state index contributed by atoms with van der Waals surface area (Å²) in [7, 11) is 1.53. The topological polar surface area (TPSA) is 104 Å². The molecule has 0 aliphatic carbocycles. The quantitative estimate of drug-likeness (QED) is 0.392.